The Morgan fingerprint density at radius 3 is 2.61 bits per heavy atom. The molecule has 0 unspecified atom stereocenters. The van der Waals surface area contributed by atoms with Crippen LogP contribution in [0.25, 0.3) is 11.3 Å². The van der Waals surface area contributed by atoms with E-state index in [9.17, 15) is 9.59 Å². The Morgan fingerprint density at radius 1 is 1.22 bits per heavy atom. The van der Waals surface area contributed by atoms with Crippen LogP contribution in [0.15, 0.2) is 34.7 Å². The second-order valence-electron chi connectivity index (χ2n) is 4.88. The lowest BCUT2D eigenvalue weighted by Gasteiger charge is -2.12. The SMILES string of the molecule is CCNC(=O)[C@@H](C)NC(=O)c1ccc(-c2ccc(Cl)cc2Cl)o1. The third kappa shape index (κ3) is 4.27. The number of amides is 2. The Kier molecular flexibility index (Phi) is 5.69. The smallest absolute Gasteiger partial charge is 0.287 e. The van der Waals surface area contributed by atoms with Gasteiger partial charge in [-0.05, 0) is 44.2 Å². The zero-order chi connectivity index (χ0) is 17.0. The molecule has 1 aromatic carbocycles. The minimum absolute atomic E-state index is 0.0992. The molecule has 0 radical (unpaired) electrons. The van der Waals surface area contributed by atoms with Gasteiger partial charge in [-0.25, -0.2) is 0 Å². The second-order valence-corrected chi connectivity index (χ2v) is 5.72. The van der Waals surface area contributed by atoms with Crippen molar-refractivity contribution in [2.45, 2.75) is 19.9 Å². The fraction of sp³-hybridized carbons (Fsp3) is 0.250. The van der Waals surface area contributed by atoms with E-state index in [2.05, 4.69) is 10.6 Å². The first-order valence-corrected chi connectivity index (χ1v) is 7.81. The average Bonchev–Trinajstić information content (AvgIpc) is 2.97. The molecule has 0 bridgehead atoms. The number of rotatable bonds is 5. The van der Waals surface area contributed by atoms with Crippen LogP contribution in [0.5, 0.6) is 0 Å². The summed E-state index contributed by atoms with van der Waals surface area (Å²) in [6.07, 6.45) is 0. The molecule has 0 saturated heterocycles. The lowest BCUT2D eigenvalue weighted by atomic mass is 10.2. The van der Waals surface area contributed by atoms with Gasteiger partial charge in [0, 0.05) is 17.1 Å². The van der Waals surface area contributed by atoms with Crippen molar-refractivity contribution in [1.29, 1.82) is 0 Å². The molecule has 0 aliphatic heterocycles. The number of hydrogen-bond acceptors (Lipinski definition) is 3. The fourth-order valence-electron chi connectivity index (χ4n) is 1.95. The Bertz CT molecular complexity index is 728. The normalized spacial score (nSPS) is 11.8. The fourth-order valence-corrected chi connectivity index (χ4v) is 2.46. The van der Waals surface area contributed by atoms with Gasteiger partial charge in [-0.2, -0.15) is 0 Å². The zero-order valence-electron chi connectivity index (χ0n) is 12.7. The summed E-state index contributed by atoms with van der Waals surface area (Å²) in [5, 5.41) is 6.14. The lowest BCUT2D eigenvalue weighted by molar-refractivity contribution is -0.122. The zero-order valence-corrected chi connectivity index (χ0v) is 14.2. The van der Waals surface area contributed by atoms with Crippen LogP contribution in [0.4, 0.5) is 0 Å². The van der Waals surface area contributed by atoms with E-state index in [1.807, 2.05) is 0 Å². The summed E-state index contributed by atoms with van der Waals surface area (Å²) in [5.74, 6) is -0.182. The maximum absolute atomic E-state index is 12.1. The Hall–Kier alpha value is -1.98. The van der Waals surface area contributed by atoms with Gasteiger partial charge in [-0.1, -0.05) is 23.2 Å². The first kappa shape index (κ1) is 17.4. The van der Waals surface area contributed by atoms with E-state index in [-0.39, 0.29) is 11.7 Å². The van der Waals surface area contributed by atoms with Crippen LogP contribution < -0.4 is 10.6 Å². The van der Waals surface area contributed by atoms with Gasteiger partial charge >= 0.3 is 0 Å². The molecule has 1 heterocycles. The largest absolute Gasteiger partial charge is 0.451 e. The van der Waals surface area contributed by atoms with Crippen LogP contribution in [0, 0.1) is 0 Å². The second kappa shape index (κ2) is 7.53. The first-order chi connectivity index (χ1) is 10.9. The molecule has 0 fully saturated rings. The Balaban J connectivity index is 2.12. The minimum atomic E-state index is -0.657. The summed E-state index contributed by atoms with van der Waals surface area (Å²) in [7, 11) is 0. The van der Waals surface area contributed by atoms with Gasteiger partial charge in [0.25, 0.3) is 5.91 Å². The third-order valence-electron chi connectivity index (χ3n) is 3.12. The summed E-state index contributed by atoms with van der Waals surface area (Å²) in [6, 6.07) is 7.50. The lowest BCUT2D eigenvalue weighted by Crippen LogP contribution is -2.44. The quantitative estimate of drug-likeness (QED) is 0.862. The molecule has 1 atom stereocenters. The Labute approximate surface area is 144 Å². The Morgan fingerprint density at radius 2 is 1.96 bits per heavy atom. The van der Waals surface area contributed by atoms with Crippen LogP contribution in [-0.2, 0) is 4.79 Å². The summed E-state index contributed by atoms with van der Waals surface area (Å²) in [6.45, 7) is 3.91. The number of likely N-dealkylation sites (N-methyl/N-ethyl adjacent to an activating group) is 1. The number of halogens is 2. The van der Waals surface area contributed by atoms with Gasteiger partial charge in [0.15, 0.2) is 5.76 Å². The van der Waals surface area contributed by atoms with E-state index in [0.29, 0.717) is 27.9 Å². The molecule has 0 spiro atoms. The van der Waals surface area contributed by atoms with E-state index in [1.54, 1.807) is 38.1 Å². The van der Waals surface area contributed by atoms with Gasteiger partial charge in [0.05, 0.1) is 5.02 Å². The number of benzene rings is 1. The highest BCUT2D eigenvalue weighted by Gasteiger charge is 2.19. The molecule has 2 rings (SSSR count). The first-order valence-electron chi connectivity index (χ1n) is 7.06. The molecule has 0 saturated carbocycles. The molecular formula is C16H16Cl2N2O3. The number of hydrogen-bond donors (Lipinski definition) is 2. The van der Waals surface area contributed by atoms with E-state index >= 15 is 0 Å². The highest BCUT2D eigenvalue weighted by Crippen LogP contribution is 2.31. The highest BCUT2D eigenvalue weighted by molar-refractivity contribution is 6.36. The maximum Gasteiger partial charge on any atom is 0.287 e. The molecule has 0 aliphatic carbocycles. The summed E-state index contributed by atoms with van der Waals surface area (Å²) >= 11 is 12.0. The van der Waals surface area contributed by atoms with Crippen molar-refractivity contribution in [3.8, 4) is 11.3 Å². The summed E-state index contributed by atoms with van der Waals surface area (Å²) in [5.41, 5.74) is 0.631. The van der Waals surface area contributed by atoms with Crippen molar-refractivity contribution in [3.63, 3.8) is 0 Å². The monoisotopic (exact) mass is 354 g/mol. The summed E-state index contributed by atoms with van der Waals surface area (Å²) in [4.78, 5) is 23.7. The predicted octanol–water partition coefficient (Wildman–Crippen LogP) is 3.51. The van der Waals surface area contributed by atoms with Crippen molar-refractivity contribution in [2.75, 3.05) is 6.54 Å². The van der Waals surface area contributed by atoms with Gasteiger partial charge in [-0.3, -0.25) is 9.59 Å². The molecular weight excluding hydrogens is 339 g/mol. The molecule has 5 nitrogen and oxygen atoms in total. The van der Waals surface area contributed by atoms with E-state index < -0.39 is 11.9 Å². The standard InChI is InChI=1S/C16H16Cl2N2O3/c1-3-19-15(21)9(2)20-16(22)14-7-6-13(23-14)11-5-4-10(17)8-12(11)18/h4-9H,3H2,1-2H3,(H,19,21)(H,20,22)/t9-/m1/s1. The van der Waals surface area contributed by atoms with Gasteiger partial charge < -0.3 is 15.1 Å². The minimum Gasteiger partial charge on any atom is -0.451 e. The number of nitrogens with one attached hydrogen (secondary N) is 2. The molecule has 2 N–H and O–H groups in total. The molecule has 0 aliphatic rings. The van der Waals surface area contributed by atoms with Crippen molar-refractivity contribution in [1.82, 2.24) is 10.6 Å². The van der Waals surface area contributed by atoms with Crippen LogP contribution in [0.1, 0.15) is 24.4 Å². The van der Waals surface area contributed by atoms with E-state index in [0.717, 1.165) is 0 Å². The molecule has 1 aromatic heterocycles. The van der Waals surface area contributed by atoms with Crippen molar-refractivity contribution < 1.29 is 14.0 Å². The number of carbonyl (C=O) groups is 2. The van der Waals surface area contributed by atoms with Gasteiger partial charge in [-0.15, -0.1) is 0 Å². The average molecular weight is 355 g/mol. The third-order valence-corrected chi connectivity index (χ3v) is 3.67. The number of furan rings is 1. The van der Waals surface area contributed by atoms with Gasteiger partial charge in [0.2, 0.25) is 5.91 Å². The van der Waals surface area contributed by atoms with Gasteiger partial charge in [0.1, 0.15) is 11.8 Å². The topological polar surface area (TPSA) is 71.3 Å². The highest BCUT2D eigenvalue weighted by atomic mass is 35.5. The maximum atomic E-state index is 12.1. The van der Waals surface area contributed by atoms with Crippen molar-refractivity contribution >= 4 is 35.0 Å². The molecule has 7 heteroatoms. The van der Waals surface area contributed by atoms with Crippen LogP contribution in [-0.4, -0.2) is 24.4 Å². The van der Waals surface area contributed by atoms with Crippen LogP contribution in [0.3, 0.4) is 0 Å². The van der Waals surface area contributed by atoms with E-state index in [4.69, 9.17) is 27.6 Å². The summed E-state index contributed by atoms with van der Waals surface area (Å²) < 4.78 is 5.52. The van der Waals surface area contributed by atoms with Crippen LogP contribution in [0.2, 0.25) is 10.0 Å². The van der Waals surface area contributed by atoms with Crippen molar-refractivity contribution in [3.05, 3.63) is 46.1 Å². The van der Waals surface area contributed by atoms with Crippen molar-refractivity contribution in [2.24, 2.45) is 0 Å². The molecule has 2 amide bonds. The predicted molar refractivity (Wildman–Crippen MR) is 89.8 cm³/mol. The molecule has 2 aromatic rings. The number of carbonyl (C=O) groups excluding carboxylic acids is 2. The van der Waals surface area contributed by atoms with E-state index in [1.165, 1.54) is 6.07 Å². The molecule has 122 valence electrons. The van der Waals surface area contributed by atoms with Crippen LogP contribution >= 0.6 is 23.2 Å². The molecule has 23 heavy (non-hydrogen) atoms.